The molecule has 0 aromatic heterocycles. The Morgan fingerprint density at radius 3 is 2.75 bits per heavy atom. The van der Waals surface area contributed by atoms with Crippen LogP contribution >= 0.6 is 11.6 Å². The van der Waals surface area contributed by atoms with Crippen molar-refractivity contribution in [2.45, 2.75) is 13.0 Å². The first-order chi connectivity index (χ1) is 9.65. The first-order valence-corrected chi connectivity index (χ1v) is 7.19. The fraction of sp³-hybridized carbons (Fsp3) is 0.600. The highest BCUT2D eigenvalue weighted by Crippen LogP contribution is 2.37. The third-order valence-electron chi connectivity index (χ3n) is 3.60. The normalized spacial score (nSPS) is 18.6. The Morgan fingerprint density at radius 1 is 1.35 bits per heavy atom. The quantitative estimate of drug-likeness (QED) is 0.808. The largest absolute Gasteiger partial charge is 0.493 e. The summed E-state index contributed by atoms with van der Waals surface area (Å²) in [7, 11) is 5.32. The Labute approximate surface area is 125 Å². The molecular weight excluding hydrogens is 278 g/mol. The zero-order valence-corrected chi connectivity index (χ0v) is 13.1. The van der Waals surface area contributed by atoms with Crippen LogP contribution in [0, 0.1) is 5.92 Å². The molecule has 0 amide bonds. The van der Waals surface area contributed by atoms with E-state index < -0.39 is 0 Å². The maximum Gasteiger partial charge on any atom is 0.179 e. The van der Waals surface area contributed by atoms with E-state index in [9.17, 15) is 0 Å². The van der Waals surface area contributed by atoms with Crippen molar-refractivity contribution in [1.82, 2.24) is 4.90 Å². The summed E-state index contributed by atoms with van der Waals surface area (Å²) in [6, 6.07) is 3.89. The van der Waals surface area contributed by atoms with Crippen LogP contribution in [0.4, 0.5) is 0 Å². The van der Waals surface area contributed by atoms with Crippen LogP contribution < -0.4 is 9.47 Å². The standard InChI is InChI=1S/C15H22ClNO3/c1-17(8-11-6-7-20-10-11)9-12-4-5-13(18-2)15(19-3)14(12)16/h4-5,11H,6-10H2,1-3H3/t11-/m1/s1. The topological polar surface area (TPSA) is 30.9 Å². The summed E-state index contributed by atoms with van der Waals surface area (Å²) in [5, 5.41) is 0.626. The predicted octanol–water partition coefficient (Wildman–Crippen LogP) is 2.83. The van der Waals surface area contributed by atoms with Crippen LogP contribution in [0.15, 0.2) is 12.1 Å². The lowest BCUT2D eigenvalue weighted by atomic mass is 10.1. The fourth-order valence-electron chi connectivity index (χ4n) is 2.58. The van der Waals surface area contributed by atoms with Crippen LogP contribution in [-0.2, 0) is 11.3 Å². The molecule has 0 radical (unpaired) electrons. The number of hydrogen-bond donors (Lipinski definition) is 0. The number of hydrogen-bond acceptors (Lipinski definition) is 4. The number of benzene rings is 1. The average Bonchev–Trinajstić information content (AvgIpc) is 2.93. The van der Waals surface area contributed by atoms with E-state index in [1.54, 1.807) is 14.2 Å². The van der Waals surface area contributed by atoms with E-state index in [1.165, 1.54) is 0 Å². The number of ether oxygens (including phenoxy) is 3. The first-order valence-electron chi connectivity index (χ1n) is 6.81. The molecule has 4 nitrogen and oxygen atoms in total. The van der Waals surface area contributed by atoms with Crippen LogP contribution in [0.1, 0.15) is 12.0 Å². The molecule has 1 aliphatic heterocycles. The van der Waals surface area contributed by atoms with Gasteiger partial charge < -0.3 is 19.1 Å². The van der Waals surface area contributed by atoms with Gasteiger partial charge in [-0.15, -0.1) is 0 Å². The summed E-state index contributed by atoms with van der Waals surface area (Å²) in [5.41, 5.74) is 1.05. The van der Waals surface area contributed by atoms with E-state index in [2.05, 4.69) is 11.9 Å². The zero-order chi connectivity index (χ0) is 14.5. The van der Waals surface area contributed by atoms with Gasteiger partial charge in [0.15, 0.2) is 11.5 Å². The second-order valence-electron chi connectivity index (χ2n) is 5.20. The van der Waals surface area contributed by atoms with Crippen LogP contribution in [0.3, 0.4) is 0 Å². The van der Waals surface area contributed by atoms with Gasteiger partial charge in [-0.1, -0.05) is 17.7 Å². The summed E-state index contributed by atoms with van der Waals surface area (Å²) in [5.74, 6) is 1.89. The summed E-state index contributed by atoms with van der Waals surface area (Å²) in [4.78, 5) is 2.27. The minimum absolute atomic E-state index is 0.601. The van der Waals surface area contributed by atoms with E-state index >= 15 is 0 Å². The molecule has 1 saturated heterocycles. The molecule has 0 N–H and O–H groups in total. The minimum atomic E-state index is 0.601. The summed E-state index contributed by atoms with van der Waals surface area (Å²) >= 11 is 6.40. The van der Waals surface area contributed by atoms with Crippen molar-refractivity contribution in [3.05, 3.63) is 22.7 Å². The molecule has 0 aliphatic carbocycles. The Morgan fingerprint density at radius 2 is 2.15 bits per heavy atom. The summed E-state index contributed by atoms with van der Waals surface area (Å²) in [6.07, 6.45) is 1.14. The van der Waals surface area contributed by atoms with Gasteiger partial charge in [0.25, 0.3) is 0 Å². The van der Waals surface area contributed by atoms with Gasteiger partial charge in [-0.05, 0) is 31.0 Å². The van der Waals surface area contributed by atoms with Gasteiger partial charge in [0.2, 0.25) is 0 Å². The van der Waals surface area contributed by atoms with E-state index in [-0.39, 0.29) is 0 Å². The molecule has 1 aliphatic rings. The highest BCUT2D eigenvalue weighted by Gasteiger charge is 2.19. The van der Waals surface area contributed by atoms with E-state index in [4.69, 9.17) is 25.8 Å². The molecular formula is C15H22ClNO3. The highest BCUT2D eigenvalue weighted by molar-refractivity contribution is 6.33. The molecule has 20 heavy (non-hydrogen) atoms. The smallest absolute Gasteiger partial charge is 0.179 e. The van der Waals surface area contributed by atoms with Crippen molar-refractivity contribution >= 4 is 11.6 Å². The number of nitrogens with zero attached hydrogens (tertiary/aromatic N) is 1. The molecule has 112 valence electrons. The lowest BCUT2D eigenvalue weighted by molar-refractivity contribution is 0.173. The Hall–Kier alpha value is -0.970. The van der Waals surface area contributed by atoms with Crippen molar-refractivity contribution in [1.29, 1.82) is 0 Å². The van der Waals surface area contributed by atoms with Gasteiger partial charge in [0, 0.05) is 19.7 Å². The second-order valence-corrected chi connectivity index (χ2v) is 5.58. The molecule has 2 rings (SSSR count). The molecule has 1 fully saturated rings. The lowest BCUT2D eigenvalue weighted by Gasteiger charge is -2.21. The molecule has 0 saturated carbocycles. The summed E-state index contributed by atoms with van der Waals surface area (Å²) < 4.78 is 16.0. The van der Waals surface area contributed by atoms with E-state index in [0.29, 0.717) is 22.4 Å². The molecule has 1 heterocycles. The SMILES string of the molecule is COc1ccc(CN(C)C[C@H]2CCOC2)c(Cl)c1OC. The average molecular weight is 300 g/mol. The zero-order valence-electron chi connectivity index (χ0n) is 12.3. The maximum atomic E-state index is 6.40. The van der Waals surface area contributed by atoms with E-state index in [1.807, 2.05) is 12.1 Å². The fourth-order valence-corrected chi connectivity index (χ4v) is 2.87. The predicted molar refractivity (Wildman–Crippen MR) is 79.8 cm³/mol. The lowest BCUT2D eigenvalue weighted by Crippen LogP contribution is -2.25. The molecule has 5 heteroatoms. The van der Waals surface area contributed by atoms with Crippen LogP contribution in [0.25, 0.3) is 0 Å². The molecule has 1 atom stereocenters. The van der Waals surface area contributed by atoms with Crippen molar-refractivity contribution in [3.63, 3.8) is 0 Å². The van der Waals surface area contributed by atoms with Crippen molar-refractivity contribution < 1.29 is 14.2 Å². The van der Waals surface area contributed by atoms with Crippen molar-refractivity contribution in [2.75, 3.05) is 41.0 Å². The van der Waals surface area contributed by atoms with Crippen molar-refractivity contribution in [3.8, 4) is 11.5 Å². The number of methoxy groups -OCH3 is 2. The molecule has 0 unspecified atom stereocenters. The number of halogens is 1. The number of rotatable bonds is 6. The monoisotopic (exact) mass is 299 g/mol. The first kappa shape index (κ1) is 15.4. The minimum Gasteiger partial charge on any atom is -0.493 e. The maximum absolute atomic E-state index is 6.40. The Bertz CT molecular complexity index is 447. The van der Waals surface area contributed by atoms with Gasteiger partial charge in [0.1, 0.15) is 0 Å². The molecule has 0 bridgehead atoms. The second kappa shape index (κ2) is 7.16. The van der Waals surface area contributed by atoms with Crippen LogP contribution in [0.2, 0.25) is 5.02 Å². The van der Waals surface area contributed by atoms with Gasteiger partial charge in [-0.25, -0.2) is 0 Å². The molecule has 1 aromatic carbocycles. The Kier molecular flexibility index (Phi) is 5.52. The third-order valence-corrected chi connectivity index (χ3v) is 4.01. The van der Waals surface area contributed by atoms with Gasteiger partial charge in [0.05, 0.1) is 25.8 Å². The molecule has 0 spiro atoms. The van der Waals surface area contributed by atoms with E-state index in [0.717, 1.165) is 38.3 Å². The van der Waals surface area contributed by atoms with Crippen LogP contribution in [0.5, 0.6) is 11.5 Å². The van der Waals surface area contributed by atoms with Crippen molar-refractivity contribution in [2.24, 2.45) is 5.92 Å². The summed E-state index contributed by atoms with van der Waals surface area (Å²) in [6.45, 7) is 3.56. The molecule has 1 aromatic rings. The van der Waals surface area contributed by atoms with Crippen LogP contribution in [-0.4, -0.2) is 45.9 Å². The van der Waals surface area contributed by atoms with Gasteiger partial charge in [-0.3, -0.25) is 0 Å². The highest BCUT2D eigenvalue weighted by atomic mass is 35.5. The van der Waals surface area contributed by atoms with Gasteiger partial charge >= 0.3 is 0 Å². The Balaban J connectivity index is 2.04. The third kappa shape index (κ3) is 3.57. The van der Waals surface area contributed by atoms with Gasteiger partial charge in [-0.2, -0.15) is 0 Å².